The van der Waals surface area contributed by atoms with Gasteiger partial charge in [0.1, 0.15) is 30.2 Å². The standard InChI is InChI=1S/C27H21ClN4O5/c1-34-20-10-3-15(11-22(20)35-2)24-19-9-6-17(33)12-21(19)37-27-25(24)26-30-23(31-32(26)14-29-27)13-36-18-7-4-16(28)5-8-18/h3-12,14,24,33H,13H2,1-2H3/t24-/m1/s1. The Balaban J connectivity index is 1.47. The fourth-order valence-corrected chi connectivity index (χ4v) is 4.59. The summed E-state index contributed by atoms with van der Waals surface area (Å²) in [7, 11) is 3.19. The van der Waals surface area contributed by atoms with Crippen LogP contribution in [-0.2, 0) is 6.61 Å². The normalized spacial score (nSPS) is 14.0. The van der Waals surface area contributed by atoms with Gasteiger partial charge in [0.15, 0.2) is 23.0 Å². The van der Waals surface area contributed by atoms with Crippen molar-refractivity contribution in [1.82, 2.24) is 19.6 Å². The lowest BCUT2D eigenvalue weighted by Gasteiger charge is -2.28. The van der Waals surface area contributed by atoms with E-state index in [0.717, 1.165) is 16.7 Å². The maximum Gasteiger partial charge on any atom is 0.228 e. The third-order valence-electron chi connectivity index (χ3n) is 6.16. The summed E-state index contributed by atoms with van der Waals surface area (Å²) in [5.74, 6) is 2.99. The summed E-state index contributed by atoms with van der Waals surface area (Å²) in [6.45, 7) is 0.157. The summed E-state index contributed by atoms with van der Waals surface area (Å²) >= 11 is 5.96. The van der Waals surface area contributed by atoms with Gasteiger partial charge in [-0.15, -0.1) is 5.10 Å². The van der Waals surface area contributed by atoms with Gasteiger partial charge >= 0.3 is 0 Å². The van der Waals surface area contributed by atoms with Crippen molar-refractivity contribution >= 4 is 17.2 Å². The van der Waals surface area contributed by atoms with E-state index in [1.54, 1.807) is 61.5 Å². The molecule has 0 radical (unpaired) electrons. The molecule has 0 aliphatic carbocycles. The summed E-state index contributed by atoms with van der Waals surface area (Å²) in [5, 5.41) is 15.3. The predicted molar refractivity (Wildman–Crippen MR) is 135 cm³/mol. The number of phenolic OH excluding ortho intramolecular Hbond substituents is 1. The van der Waals surface area contributed by atoms with Crippen LogP contribution in [0.1, 0.15) is 28.4 Å². The van der Waals surface area contributed by atoms with Gasteiger partial charge < -0.3 is 24.1 Å². The molecule has 0 saturated heterocycles. The number of nitrogens with zero attached hydrogens (tertiary/aromatic N) is 4. The molecule has 37 heavy (non-hydrogen) atoms. The van der Waals surface area contributed by atoms with E-state index in [4.69, 9.17) is 35.5 Å². The van der Waals surface area contributed by atoms with Gasteiger partial charge in [-0.2, -0.15) is 0 Å². The molecule has 0 saturated carbocycles. The number of phenols is 1. The van der Waals surface area contributed by atoms with Crippen LogP contribution in [0.5, 0.6) is 34.6 Å². The molecule has 0 fully saturated rings. The molecular formula is C27H21ClN4O5. The highest BCUT2D eigenvalue weighted by atomic mass is 35.5. The summed E-state index contributed by atoms with van der Waals surface area (Å²) < 4.78 is 24.6. The number of hydrogen-bond acceptors (Lipinski definition) is 8. The van der Waals surface area contributed by atoms with Crippen LogP contribution < -0.4 is 18.9 Å². The van der Waals surface area contributed by atoms with Crippen LogP contribution in [0.25, 0.3) is 5.65 Å². The highest BCUT2D eigenvalue weighted by Crippen LogP contribution is 2.49. The Bertz CT molecular complexity index is 1620. The Morgan fingerprint density at radius 1 is 1.00 bits per heavy atom. The topological polar surface area (TPSA) is 100 Å². The Hall–Kier alpha value is -4.50. The first-order chi connectivity index (χ1) is 18.0. The Morgan fingerprint density at radius 2 is 1.81 bits per heavy atom. The van der Waals surface area contributed by atoms with Gasteiger partial charge in [0, 0.05) is 22.6 Å². The molecule has 1 aliphatic rings. The number of rotatable bonds is 6. The molecule has 0 spiro atoms. The molecule has 186 valence electrons. The van der Waals surface area contributed by atoms with Crippen LogP contribution in [0, 0.1) is 0 Å². The summed E-state index contributed by atoms with van der Waals surface area (Å²) in [4.78, 5) is 9.29. The lowest BCUT2D eigenvalue weighted by Crippen LogP contribution is -2.15. The summed E-state index contributed by atoms with van der Waals surface area (Å²) in [6, 6.07) is 17.9. The Labute approximate surface area is 216 Å². The number of hydrogen-bond donors (Lipinski definition) is 1. The molecule has 6 rings (SSSR count). The van der Waals surface area contributed by atoms with Crippen LogP contribution in [0.15, 0.2) is 67.0 Å². The minimum absolute atomic E-state index is 0.0958. The third-order valence-corrected chi connectivity index (χ3v) is 6.41. The van der Waals surface area contributed by atoms with Crippen LogP contribution in [-0.4, -0.2) is 38.9 Å². The second-order valence-corrected chi connectivity index (χ2v) is 8.81. The van der Waals surface area contributed by atoms with Gasteiger partial charge in [-0.1, -0.05) is 23.7 Å². The second kappa shape index (κ2) is 9.18. The Morgan fingerprint density at radius 3 is 2.59 bits per heavy atom. The molecular weight excluding hydrogens is 496 g/mol. The molecule has 0 amide bonds. The minimum Gasteiger partial charge on any atom is -0.508 e. The zero-order valence-corrected chi connectivity index (χ0v) is 20.6. The van der Waals surface area contributed by atoms with Gasteiger partial charge in [-0.05, 0) is 48.0 Å². The van der Waals surface area contributed by atoms with E-state index in [0.29, 0.717) is 45.4 Å². The number of ether oxygens (including phenoxy) is 4. The average Bonchev–Trinajstić information content (AvgIpc) is 3.34. The maximum absolute atomic E-state index is 10.1. The van der Waals surface area contributed by atoms with E-state index in [2.05, 4.69) is 10.1 Å². The van der Waals surface area contributed by atoms with E-state index in [-0.39, 0.29) is 18.3 Å². The number of fused-ring (bicyclic) bond motifs is 4. The van der Waals surface area contributed by atoms with Crippen molar-refractivity contribution in [2.75, 3.05) is 14.2 Å². The first-order valence-corrected chi connectivity index (χ1v) is 11.8. The highest BCUT2D eigenvalue weighted by molar-refractivity contribution is 6.30. The predicted octanol–water partition coefficient (Wildman–Crippen LogP) is 5.37. The maximum atomic E-state index is 10.1. The SMILES string of the molecule is COc1ccc([C@@H]2c3ccc(O)cc3Oc3ncn4nc(COc5ccc(Cl)cc5)nc4c32)cc1OC. The fraction of sp³-hybridized carbons (Fsp3) is 0.148. The van der Waals surface area contributed by atoms with Crippen molar-refractivity contribution in [2.24, 2.45) is 0 Å². The van der Waals surface area contributed by atoms with Gasteiger partial charge in [0.2, 0.25) is 5.88 Å². The summed E-state index contributed by atoms with van der Waals surface area (Å²) in [5.41, 5.74) is 3.07. The minimum atomic E-state index is -0.329. The second-order valence-electron chi connectivity index (χ2n) is 8.37. The van der Waals surface area contributed by atoms with Crippen molar-refractivity contribution in [2.45, 2.75) is 12.5 Å². The van der Waals surface area contributed by atoms with E-state index >= 15 is 0 Å². The molecule has 10 heteroatoms. The van der Waals surface area contributed by atoms with Gasteiger partial charge in [-0.25, -0.2) is 14.5 Å². The van der Waals surface area contributed by atoms with Gasteiger partial charge in [-0.3, -0.25) is 0 Å². The van der Waals surface area contributed by atoms with Gasteiger partial charge in [0.25, 0.3) is 0 Å². The molecule has 1 atom stereocenters. The molecule has 3 heterocycles. The zero-order valence-electron chi connectivity index (χ0n) is 19.9. The molecule has 0 bridgehead atoms. The molecule has 1 aliphatic heterocycles. The first kappa shape index (κ1) is 22.9. The number of benzene rings is 3. The smallest absolute Gasteiger partial charge is 0.228 e. The Kier molecular flexibility index (Phi) is 5.69. The van der Waals surface area contributed by atoms with E-state index in [1.807, 2.05) is 24.3 Å². The molecule has 0 unspecified atom stereocenters. The van der Waals surface area contributed by atoms with Crippen molar-refractivity contribution in [3.63, 3.8) is 0 Å². The van der Waals surface area contributed by atoms with E-state index in [1.165, 1.54) is 0 Å². The van der Waals surface area contributed by atoms with Crippen molar-refractivity contribution in [1.29, 1.82) is 0 Å². The van der Waals surface area contributed by atoms with Gasteiger partial charge in [0.05, 0.1) is 19.8 Å². The molecule has 3 aromatic carbocycles. The number of halogens is 1. The van der Waals surface area contributed by atoms with Crippen LogP contribution in [0.2, 0.25) is 5.02 Å². The van der Waals surface area contributed by atoms with Crippen molar-refractivity contribution < 1.29 is 24.1 Å². The summed E-state index contributed by atoms with van der Waals surface area (Å²) in [6.07, 6.45) is 1.55. The molecule has 5 aromatic rings. The molecule has 1 N–H and O–H groups in total. The van der Waals surface area contributed by atoms with Crippen molar-refractivity contribution in [3.05, 3.63) is 94.5 Å². The van der Waals surface area contributed by atoms with Crippen LogP contribution >= 0.6 is 11.6 Å². The first-order valence-electron chi connectivity index (χ1n) is 11.4. The van der Waals surface area contributed by atoms with Crippen molar-refractivity contribution in [3.8, 4) is 34.6 Å². The highest BCUT2D eigenvalue weighted by Gasteiger charge is 2.34. The number of aromatic nitrogens is 4. The molecule has 9 nitrogen and oxygen atoms in total. The monoisotopic (exact) mass is 516 g/mol. The number of methoxy groups -OCH3 is 2. The van der Waals surface area contributed by atoms with Crippen LogP contribution in [0.4, 0.5) is 0 Å². The third kappa shape index (κ3) is 4.13. The lowest BCUT2D eigenvalue weighted by molar-refractivity contribution is 0.296. The lowest BCUT2D eigenvalue weighted by atomic mass is 9.83. The van der Waals surface area contributed by atoms with Crippen LogP contribution in [0.3, 0.4) is 0 Å². The quantitative estimate of drug-likeness (QED) is 0.315. The molecule has 2 aromatic heterocycles. The number of aromatic hydroxyl groups is 1. The fourth-order valence-electron chi connectivity index (χ4n) is 4.47. The zero-order chi connectivity index (χ0) is 25.5. The largest absolute Gasteiger partial charge is 0.508 e. The van der Waals surface area contributed by atoms with E-state index in [9.17, 15) is 5.11 Å². The average molecular weight is 517 g/mol. The van der Waals surface area contributed by atoms with E-state index < -0.39 is 0 Å².